The molecule has 7 heteroatoms. The van der Waals surface area contributed by atoms with E-state index in [0.717, 1.165) is 0 Å². The minimum Gasteiger partial charge on any atom is -0.294 e. The van der Waals surface area contributed by atoms with Crippen molar-refractivity contribution >= 4 is 49.4 Å². The van der Waals surface area contributed by atoms with E-state index in [-0.39, 0.29) is 38.9 Å². The van der Waals surface area contributed by atoms with Crippen molar-refractivity contribution in [1.82, 2.24) is 0 Å². The maximum Gasteiger partial charge on any atom is 0.446 e. The highest BCUT2D eigenvalue weighted by Gasteiger charge is 2.32. The standard InChI is InChI=1S/C10H7Br2F3OS/c11-5-4-8(16)6-2-1-3-7(12)9(6)17-10(13,14)15/h1-3H,4-5H2. The fourth-order valence-electron chi connectivity index (χ4n) is 1.17. The second-order valence-electron chi connectivity index (χ2n) is 3.03. The summed E-state index contributed by atoms with van der Waals surface area (Å²) in [7, 11) is 0. The predicted octanol–water partition coefficient (Wildman–Crippen LogP) is 5.03. The van der Waals surface area contributed by atoms with Crippen LogP contribution in [-0.2, 0) is 0 Å². The van der Waals surface area contributed by atoms with Crippen molar-refractivity contribution in [1.29, 1.82) is 0 Å². The number of halogens is 5. The molecule has 0 saturated heterocycles. The molecule has 0 bridgehead atoms. The zero-order chi connectivity index (χ0) is 13.1. The normalized spacial score (nSPS) is 11.6. The van der Waals surface area contributed by atoms with E-state index in [1.807, 2.05) is 0 Å². The van der Waals surface area contributed by atoms with Crippen LogP contribution in [0.3, 0.4) is 0 Å². The second kappa shape index (κ2) is 6.24. The van der Waals surface area contributed by atoms with E-state index in [1.165, 1.54) is 12.1 Å². The van der Waals surface area contributed by atoms with Crippen LogP contribution in [0.4, 0.5) is 13.2 Å². The number of benzene rings is 1. The van der Waals surface area contributed by atoms with Gasteiger partial charge in [0, 0.05) is 26.7 Å². The van der Waals surface area contributed by atoms with E-state index in [4.69, 9.17) is 0 Å². The van der Waals surface area contributed by atoms with Crippen LogP contribution in [0.5, 0.6) is 0 Å². The molecule has 94 valence electrons. The van der Waals surface area contributed by atoms with Crippen LogP contribution in [0, 0.1) is 0 Å². The Morgan fingerprint density at radius 2 is 2.00 bits per heavy atom. The third-order valence-corrected chi connectivity index (χ3v) is 4.00. The molecule has 1 aromatic rings. The molecular formula is C10H7Br2F3OS. The first-order valence-electron chi connectivity index (χ1n) is 4.48. The van der Waals surface area contributed by atoms with Crippen molar-refractivity contribution in [2.75, 3.05) is 5.33 Å². The number of alkyl halides is 4. The largest absolute Gasteiger partial charge is 0.446 e. The van der Waals surface area contributed by atoms with Gasteiger partial charge in [0.2, 0.25) is 0 Å². The highest BCUT2D eigenvalue weighted by molar-refractivity contribution is 9.10. The molecule has 0 fully saturated rings. The highest BCUT2D eigenvalue weighted by Crippen LogP contribution is 2.42. The van der Waals surface area contributed by atoms with E-state index in [0.29, 0.717) is 5.33 Å². The van der Waals surface area contributed by atoms with Crippen LogP contribution in [0.1, 0.15) is 16.8 Å². The molecule has 0 unspecified atom stereocenters. The van der Waals surface area contributed by atoms with E-state index in [2.05, 4.69) is 31.9 Å². The van der Waals surface area contributed by atoms with E-state index in [9.17, 15) is 18.0 Å². The predicted molar refractivity (Wildman–Crippen MR) is 68.8 cm³/mol. The molecule has 0 aromatic heterocycles. The van der Waals surface area contributed by atoms with Gasteiger partial charge in [0.1, 0.15) is 0 Å². The number of Topliss-reactive ketones (excluding diaryl/α,β-unsaturated/α-hetero) is 1. The van der Waals surface area contributed by atoms with Gasteiger partial charge in [0.15, 0.2) is 5.78 Å². The van der Waals surface area contributed by atoms with Gasteiger partial charge in [-0.1, -0.05) is 28.1 Å². The first-order valence-corrected chi connectivity index (χ1v) is 7.21. The summed E-state index contributed by atoms with van der Waals surface area (Å²) in [6.45, 7) is 0. The van der Waals surface area contributed by atoms with Crippen molar-refractivity contribution in [2.45, 2.75) is 16.8 Å². The SMILES string of the molecule is O=C(CCBr)c1cccc(Br)c1SC(F)(F)F. The van der Waals surface area contributed by atoms with Crippen molar-refractivity contribution in [2.24, 2.45) is 0 Å². The Labute approximate surface area is 117 Å². The molecule has 1 rings (SSSR count). The minimum atomic E-state index is -4.41. The van der Waals surface area contributed by atoms with Crippen molar-refractivity contribution < 1.29 is 18.0 Å². The molecule has 0 radical (unpaired) electrons. The average Bonchev–Trinajstić information content (AvgIpc) is 2.19. The molecule has 0 saturated carbocycles. The maximum atomic E-state index is 12.4. The molecule has 0 heterocycles. The Hall–Kier alpha value is -0.0100. The first-order chi connectivity index (χ1) is 7.85. The number of carbonyl (C=O) groups is 1. The van der Waals surface area contributed by atoms with Gasteiger partial charge >= 0.3 is 5.51 Å². The van der Waals surface area contributed by atoms with Gasteiger partial charge in [0.05, 0.1) is 0 Å². The Kier molecular flexibility index (Phi) is 5.53. The van der Waals surface area contributed by atoms with Crippen LogP contribution in [0.25, 0.3) is 0 Å². The van der Waals surface area contributed by atoms with Crippen LogP contribution >= 0.6 is 43.6 Å². The van der Waals surface area contributed by atoms with Gasteiger partial charge in [-0.05, 0) is 33.8 Å². The molecule has 0 atom stereocenters. The van der Waals surface area contributed by atoms with Crippen LogP contribution in [0.15, 0.2) is 27.6 Å². The molecular weight excluding hydrogens is 385 g/mol. The molecule has 0 amide bonds. The zero-order valence-electron chi connectivity index (χ0n) is 8.35. The fraction of sp³-hybridized carbons (Fsp3) is 0.300. The maximum absolute atomic E-state index is 12.4. The Bertz CT molecular complexity index is 421. The van der Waals surface area contributed by atoms with Gasteiger partial charge in [-0.3, -0.25) is 4.79 Å². The number of rotatable bonds is 4. The summed E-state index contributed by atoms with van der Waals surface area (Å²) in [5, 5.41) is 0.425. The average molecular weight is 392 g/mol. The smallest absolute Gasteiger partial charge is 0.294 e. The molecule has 0 aliphatic heterocycles. The summed E-state index contributed by atoms with van der Waals surface area (Å²) in [6.07, 6.45) is 0.169. The minimum absolute atomic E-state index is 0.0778. The Morgan fingerprint density at radius 3 is 2.53 bits per heavy atom. The molecule has 1 nitrogen and oxygen atoms in total. The Balaban J connectivity index is 3.13. The van der Waals surface area contributed by atoms with Crippen LogP contribution < -0.4 is 0 Å². The summed E-state index contributed by atoms with van der Waals surface area (Å²) >= 11 is 5.85. The van der Waals surface area contributed by atoms with Gasteiger partial charge in [0.25, 0.3) is 0 Å². The molecule has 0 aliphatic carbocycles. The van der Waals surface area contributed by atoms with E-state index >= 15 is 0 Å². The van der Waals surface area contributed by atoms with E-state index in [1.54, 1.807) is 6.07 Å². The summed E-state index contributed by atoms with van der Waals surface area (Å²) in [6, 6.07) is 4.44. The highest BCUT2D eigenvalue weighted by atomic mass is 79.9. The van der Waals surface area contributed by atoms with Crippen LogP contribution in [-0.4, -0.2) is 16.6 Å². The van der Waals surface area contributed by atoms with Gasteiger partial charge in [-0.15, -0.1) is 0 Å². The third kappa shape index (κ3) is 4.63. The lowest BCUT2D eigenvalue weighted by atomic mass is 10.1. The van der Waals surface area contributed by atoms with Crippen molar-refractivity contribution in [3.63, 3.8) is 0 Å². The van der Waals surface area contributed by atoms with Crippen molar-refractivity contribution in [3.05, 3.63) is 28.2 Å². The quantitative estimate of drug-likeness (QED) is 0.406. The first kappa shape index (κ1) is 15.0. The fourth-order valence-corrected chi connectivity index (χ4v) is 2.83. The molecule has 17 heavy (non-hydrogen) atoms. The van der Waals surface area contributed by atoms with Gasteiger partial charge in [-0.25, -0.2) is 0 Å². The van der Waals surface area contributed by atoms with E-state index < -0.39 is 5.51 Å². The number of ketones is 1. The number of hydrogen-bond acceptors (Lipinski definition) is 2. The third-order valence-electron chi connectivity index (χ3n) is 1.81. The van der Waals surface area contributed by atoms with Crippen molar-refractivity contribution in [3.8, 4) is 0 Å². The number of thioether (sulfide) groups is 1. The lowest BCUT2D eigenvalue weighted by Crippen LogP contribution is -2.06. The molecule has 1 aromatic carbocycles. The number of hydrogen-bond donors (Lipinski definition) is 0. The summed E-state index contributed by atoms with van der Waals surface area (Å²) in [5.41, 5.74) is -4.31. The molecule has 0 N–H and O–H groups in total. The Morgan fingerprint density at radius 1 is 1.35 bits per heavy atom. The van der Waals surface area contributed by atoms with Gasteiger partial charge in [-0.2, -0.15) is 13.2 Å². The van der Waals surface area contributed by atoms with Gasteiger partial charge < -0.3 is 0 Å². The summed E-state index contributed by atoms with van der Waals surface area (Å²) in [5.74, 6) is -0.310. The number of carbonyl (C=O) groups excluding carboxylic acids is 1. The monoisotopic (exact) mass is 390 g/mol. The lowest BCUT2D eigenvalue weighted by molar-refractivity contribution is -0.0328. The topological polar surface area (TPSA) is 17.1 Å². The zero-order valence-corrected chi connectivity index (χ0v) is 12.3. The lowest BCUT2D eigenvalue weighted by Gasteiger charge is -2.11. The van der Waals surface area contributed by atoms with Crippen LogP contribution in [0.2, 0.25) is 0 Å². The second-order valence-corrected chi connectivity index (χ2v) is 5.75. The molecule has 0 aliphatic rings. The summed E-state index contributed by atoms with van der Waals surface area (Å²) < 4.78 is 37.4. The molecule has 0 spiro atoms. The summed E-state index contributed by atoms with van der Waals surface area (Å²) in [4.78, 5) is 11.6.